The summed E-state index contributed by atoms with van der Waals surface area (Å²) in [6, 6.07) is 6.70. The summed E-state index contributed by atoms with van der Waals surface area (Å²) < 4.78 is 77.5. The van der Waals surface area contributed by atoms with Gasteiger partial charge in [-0.2, -0.15) is 21.6 Å². The fourth-order valence-electron chi connectivity index (χ4n) is 2.90. The van der Waals surface area contributed by atoms with E-state index in [1.54, 1.807) is 17.6 Å². The molecule has 38 heavy (non-hydrogen) atoms. The number of nitrogens with zero attached hydrogens (tertiary/aromatic N) is 3. The van der Waals surface area contributed by atoms with Crippen molar-refractivity contribution in [2.75, 3.05) is 11.0 Å². The smallest absolute Gasteiger partial charge is 0.790 e. The largest absolute Gasteiger partial charge is 1.00 e. The first-order valence-electron chi connectivity index (χ1n) is 9.88. The van der Waals surface area contributed by atoms with E-state index >= 15 is 0 Å². The van der Waals surface area contributed by atoms with Gasteiger partial charge in [-0.3, -0.25) is 4.98 Å². The third-order valence-electron chi connectivity index (χ3n) is 4.71. The SMILES string of the molecule is CC(C)(C)c1cc(-c2nc(-c3ccc(N(COP(=O)([O-])[O-])S(=O)(=O)C(F)(F)F)cc3Cl)cs2)ccn1.[Na+].[Na+]. The number of phosphoric acid groups is 1. The summed E-state index contributed by atoms with van der Waals surface area (Å²) >= 11 is 7.52. The zero-order valence-electron chi connectivity index (χ0n) is 20.8. The quantitative estimate of drug-likeness (QED) is 0.171. The Morgan fingerprint density at radius 3 is 2.29 bits per heavy atom. The Morgan fingerprint density at radius 2 is 1.76 bits per heavy atom. The molecular weight excluding hydrogens is 612 g/mol. The number of alkyl halides is 3. The Kier molecular flexibility index (Phi) is 12.6. The summed E-state index contributed by atoms with van der Waals surface area (Å²) in [5.74, 6) is 0. The monoisotopic (exact) mass is 629 g/mol. The number of aromatic nitrogens is 2. The van der Waals surface area contributed by atoms with Gasteiger partial charge in [-0.05, 0) is 30.3 Å². The van der Waals surface area contributed by atoms with E-state index in [-0.39, 0.29) is 75.1 Å². The summed E-state index contributed by atoms with van der Waals surface area (Å²) in [5.41, 5.74) is -4.41. The molecule has 3 rings (SSSR count). The van der Waals surface area contributed by atoms with E-state index in [0.717, 1.165) is 23.4 Å². The Balaban J connectivity index is 0.00000361. The average Bonchev–Trinajstić information content (AvgIpc) is 3.21. The van der Waals surface area contributed by atoms with Gasteiger partial charge in [0.2, 0.25) is 0 Å². The molecule has 0 saturated carbocycles. The van der Waals surface area contributed by atoms with E-state index < -0.39 is 40.1 Å². The maximum Gasteiger partial charge on any atom is 1.00 e. The fraction of sp³-hybridized carbons (Fsp3) is 0.300. The minimum Gasteiger partial charge on any atom is -0.790 e. The molecule has 196 valence electrons. The number of benzene rings is 1. The molecule has 0 amide bonds. The van der Waals surface area contributed by atoms with Crippen molar-refractivity contribution in [2.45, 2.75) is 31.7 Å². The van der Waals surface area contributed by atoms with Gasteiger partial charge in [-0.15, -0.1) is 11.3 Å². The molecule has 0 N–H and O–H groups in total. The van der Waals surface area contributed by atoms with Crippen LogP contribution in [0.5, 0.6) is 0 Å². The molecule has 9 nitrogen and oxygen atoms in total. The van der Waals surface area contributed by atoms with Crippen LogP contribution in [0.25, 0.3) is 21.8 Å². The second kappa shape index (κ2) is 13.3. The molecule has 0 unspecified atom stereocenters. The van der Waals surface area contributed by atoms with Crippen LogP contribution in [0.4, 0.5) is 18.9 Å². The zero-order valence-corrected chi connectivity index (χ0v) is 28.1. The van der Waals surface area contributed by atoms with E-state index in [1.807, 2.05) is 26.8 Å². The molecule has 0 atom stereocenters. The van der Waals surface area contributed by atoms with Crippen LogP contribution in [-0.2, 0) is 24.5 Å². The van der Waals surface area contributed by atoms with Crippen molar-refractivity contribution in [1.82, 2.24) is 9.97 Å². The van der Waals surface area contributed by atoms with Gasteiger partial charge in [0.05, 0.1) is 24.2 Å². The Labute approximate surface area is 270 Å². The van der Waals surface area contributed by atoms with E-state index in [0.29, 0.717) is 10.7 Å². The third kappa shape index (κ3) is 8.72. The molecule has 0 aliphatic rings. The van der Waals surface area contributed by atoms with Crippen LogP contribution in [0.3, 0.4) is 0 Å². The van der Waals surface area contributed by atoms with Gasteiger partial charge in [-0.25, -0.2) is 9.29 Å². The standard InChI is InChI=1S/C20H20ClF3N3O6PS2.2Na/c1-19(2,3)17-8-12(6-7-25-17)18-26-16(10-35-18)14-5-4-13(9-15(14)21)27(11-33-34(28,29)30)36(31,32)20(22,23)24;;/h4-10H,11H2,1-3H3,(H2,28,29,30);;/q;2*+1/p-2. The first-order chi connectivity index (χ1) is 16.4. The minimum absolute atomic E-state index is 0. The second-order valence-corrected chi connectivity index (χ2v) is 12.7. The first-order valence-corrected chi connectivity index (χ1v) is 14.0. The molecule has 0 aliphatic carbocycles. The Hall–Kier alpha value is -0.0600. The molecule has 0 spiro atoms. The molecule has 1 aromatic carbocycles. The molecular formula is C20H18ClF3N3Na2O6PS2. The number of thiazole rings is 1. The molecule has 2 heterocycles. The van der Waals surface area contributed by atoms with Gasteiger partial charge in [-0.1, -0.05) is 32.4 Å². The molecule has 2 aromatic heterocycles. The molecule has 3 aromatic rings. The van der Waals surface area contributed by atoms with Gasteiger partial charge in [0.1, 0.15) is 11.7 Å². The third-order valence-corrected chi connectivity index (χ3v) is 7.83. The van der Waals surface area contributed by atoms with Gasteiger partial charge in [0.15, 0.2) is 0 Å². The van der Waals surface area contributed by atoms with E-state index in [1.165, 1.54) is 17.4 Å². The molecule has 0 fully saturated rings. The Morgan fingerprint density at radius 1 is 1.13 bits per heavy atom. The number of sulfonamides is 1. The predicted octanol–water partition coefficient (Wildman–Crippen LogP) is -1.71. The second-order valence-electron chi connectivity index (χ2n) is 8.39. The van der Waals surface area contributed by atoms with Crippen molar-refractivity contribution < 1.29 is 99.6 Å². The van der Waals surface area contributed by atoms with Gasteiger partial charge < -0.3 is 18.9 Å². The van der Waals surface area contributed by atoms with Crippen LogP contribution in [-0.4, -0.2) is 30.6 Å². The van der Waals surface area contributed by atoms with E-state index in [2.05, 4.69) is 14.5 Å². The fourth-order valence-corrected chi connectivity index (χ4v) is 5.16. The number of anilines is 1. The van der Waals surface area contributed by atoms with Crippen molar-refractivity contribution in [3.8, 4) is 21.8 Å². The van der Waals surface area contributed by atoms with Crippen LogP contribution in [0.15, 0.2) is 41.9 Å². The predicted molar refractivity (Wildman–Crippen MR) is 126 cm³/mol. The number of hydrogen-bond acceptors (Lipinski definition) is 9. The maximum atomic E-state index is 13.1. The van der Waals surface area contributed by atoms with Gasteiger partial charge in [0, 0.05) is 33.8 Å². The number of phosphoric ester groups is 1. The van der Waals surface area contributed by atoms with E-state index in [4.69, 9.17) is 11.6 Å². The molecule has 18 heteroatoms. The maximum absolute atomic E-state index is 13.1. The topological polar surface area (TPSA) is 136 Å². The summed E-state index contributed by atoms with van der Waals surface area (Å²) in [6.45, 7) is 4.30. The number of halogens is 4. The summed E-state index contributed by atoms with van der Waals surface area (Å²) in [6.07, 6.45) is 1.65. The minimum atomic E-state index is -6.13. The summed E-state index contributed by atoms with van der Waals surface area (Å²) in [7, 11) is -11.9. The van der Waals surface area contributed by atoms with Gasteiger partial charge in [0.25, 0.3) is 0 Å². The van der Waals surface area contributed by atoms with Crippen LogP contribution in [0, 0.1) is 0 Å². The number of hydrogen-bond donors (Lipinski definition) is 0. The van der Waals surface area contributed by atoms with Crippen LogP contribution < -0.4 is 73.2 Å². The van der Waals surface area contributed by atoms with Gasteiger partial charge >= 0.3 is 74.6 Å². The molecule has 0 bridgehead atoms. The van der Waals surface area contributed by atoms with Crippen molar-refractivity contribution in [3.05, 3.63) is 52.6 Å². The normalized spacial score (nSPS) is 12.4. The van der Waals surface area contributed by atoms with Crippen LogP contribution in [0.2, 0.25) is 5.02 Å². The zero-order chi connectivity index (χ0) is 27.1. The summed E-state index contributed by atoms with van der Waals surface area (Å²) in [4.78, 5) is 30.4. The summed E-state index contributed by atoms with van der Waals surface area (Å²) in [5, 5.41) is 2.10. The van der Waals surface area contributed by atoms with Crippen molar-refractivity contribution in [2.24, 2.45) is 0 Å². The number of rotatable bonds is 7. The first kappa shape index (κ1) is 36.0. The van der Waals surface area contributed by atoms with E-state index in [9.17, 15) is 35.9 Å². The van der Waals surface area contributed by atoms with Crippen LogP contribution >= 0.6 is 30.8 Å². The van der Waals surface area contributed by atoms with Crippen molar-refractivity contribution in [1.29, 1.82) is 0 Å². The Bertz CT molecular complexity index is 1430. The van der Waals surface area contributed by atoms with Crippen LogP contribution in [0.1, 0.15) is 26.5 Å². The molecule has 0 radical (unpaired) electrons. The molecule has 0 aliphatic heterocycles. The molecule has 0 saturated heterocycles. The van der Waals surface area contributed by atoms with Crippen molar-refractivity contribution >= 4 is 46.5 Å². The number of pyridine rings is 1. The van der Waals surface area contributed by atoms with Crippen molar-refractivity contribution in [3.63, 3.8) is 0 Å². The average molecular weight is 630 g/mol.